The molecule has 2 aromatic heterocycles. The fourth-order valence-electron chi connectivity index (χ4n) is 2.96. The summed E-state index contributed by atoms with van der Waals surface area (Å²) in [6, 6.07) is 12.3. The Morgan fingerprint density at radius 1 is 1.17 bits per heavy atom. The number of fused-ring (bicyclic) bond motifs is 1. The number of benzene rings is 2. The van der Waals surface area contributed by atoms with Gasteiger partial charge in [0, 0.05) is 23.0 Å². The maximum Gasteiger partial charge on any atom is 0.234 e. The molecule has 0 unspecified atom stereocenters. The third-order valence-electron chi connectivity index (χ3n) is 4.70. The maximum absolute atomic E-state index is 13.9. The van der Waals surface area contributed by atoms with Crippen molar-refractivity contribution in [1.82, 2.24) is 14.6 Å². The zero-order valence-corrected chi connectivity index (χ0v) is 17.9. The first-order valence-corrected chi connectivity index (χ1v) is 10.6. The van der Waals surface area contributed by atoms with Crippen LogP contribution in [0.1, 0.15) is 11.1 Å². The summed E-state index contributed by atoms with van der Waals surface area (Å²) in [7, 11) is 0. The van der Waals surface area contributed by atoms with Crippen LogP contribution in [0.25, 0.3) is 16.8 Å². The summed E-state index contributed by atoms with van der Waals surface area (Å²) in [6.45, 7) is 4.14. The van der Waals surface area contributed by atoms with E-state index in [2.05, 4.69) is 41.4 Å². The van der Waals surface area contributed by atoms with Crippen molar-refractivity contribution < 1.29 is 9.18 Å². The molecule has 0 aliphatic heterocycles. The highest BCUT2D eigenvalue weighted by atomic mass is 35.5. The molecular weight excluding hydrogens is 423 g/mol. The summed E-state index contributed by atoms with van der Waals surface area (Å²) >= 11 is 7.01. The Balaban J connectivity index is 1.52. The van der Waals surface area contributed by atoms with Gasteiger partial charge in [0.1, 0.15) is 10.8 Å². The van der Waals surface area contributed by atoms with Crippen molar-refractivity contribution in [1.29, 1.82) is 0 Å². The number of nitrogens with one attached hydrogen (secondary N) is 1. The molecule has 2 heterocycles. The van der Waals surface area contributed by atoms with Crippen molar-refractivity contribution in [2.24, 2.45) is 0 Å². The van der Waals surface area contributed by atoms with Gasteiger partial charge in [-0.2, -0.15) is 5.10 Å². The van der Waals surface area contributed by atoms with Crippen molar-refractivity contribution in [2.45, 2.75) is 18.9 Å². The summed E-state index contributed by atoms with van der Waals surface area (Å²) in [6.07, 6.45) is 3.41. The number of thioether (sulfide) groups is 1. The number of halogens is 2. The van der Waals surface area contributed by atoms with E-state index in [1.165, 1.54) is 35.0 Å². The van der Waals surface area contributed by atoms with Crippen molar-refractivity contribution >= 4 is 40.5 Å². The maximum atomic E-state index is 13.9. The predicted molar refractivity (Wildman–Crippen MR) is 119 cm³/mol. The largest absolute Gasteiger partial charge is 0.323 e. The summed E-state index contributed by atoms with van der Waals surface area (Å²) in [5.74, 6) is -0.826. The SMILES string of the molecule is Cc1ccc(-c2cc3c(SCC(=O)Nc4ccc(Cl)cc4F)nccn3n2)cc1C. The highest BCUT2D eigenvalue weighted by Crippen LogP contribution is 2.27. The highest BCUT2D eigenvalue weighted by Gasteiger charge is 2.13. The summed E-state index contributed by atoms with van der Waals surface area (Å²) in [5.41, 5.74) is 5.18. The Labute approximate surface area is 182 Å². The van der Waals surface area contributed by atoms with Crippen molar-refractivity contribution in [3.05, 3.63) is 76.8 Å². The second kappa shape index (κ2) is 8.45. The van der Waals surface area contributed by atoms with Gasteiger partial charge in [0.15, 0.2) is 0 Å². The first kappa shape index (κ1) is 20.4. The van der Waals surface area contributed by atoms with Crippen molar-refractivity contribution in [3.63, 3.8) is 0 Å². The van der Waals surface area contributed by atoms with E-state index >= 15 is 0 Å². The van der Waals surface area contributed by atoms with Crippen LogP contribution in [0.4, 0.5) is 10.1 Å². The second-order valence-electron chi connectivity index (χ2n) is 6.85. The van der Waals surface area contributed by atoms with E-state index < -0.39 is 5.82 Å². The molecule has 0 saturated carbocycles. The third-order valence-corrected chi connectivity index (χ3v) is 5.93. The molecular formula is C22H18ClFN4OS. The normalized spacial score (nSPS) is 11.1. The Bertz CT molecular complexity index is 1260. The van der Waals surface area contributed by atoms with Crippen LogP contribution in [-0.2, 0) is 4.79 Å². The monoisotopic (exact) mass is 440 g/mol. The lowest BCUT2D eigenvalue weighted by molar-refractivity contribution is -0.113. The van der Waals surface area contributed by atoms with Gasteiger partial charge in [-0.1, -0.05) is 35.5 Å². The van der Waals surface area contributed by atoms with E-state index in [-0.39, 0.29) is 22.4 Å². The number of hydrogen-bond acceptors (Lipinski definition) is 4. The standard InChI is InChI=1S/C22H18ClFN4OS/c1-13-3-4-15(9-14(13)2)19-11-20-22(25-7-8-28(20)27-19)30-12-21(29)26-18-6-5-16(23)10-17(18)24/h3-11H,12H2,1-2H3,(H,26,29). The number of amides is 1. The smallest absolute Gasteiger partial charge is 0.234 e. The van der Waals surface area contributed by atoms with Crippen LogP contribution in [0.3, 0.4) is 0 Å². The fraction of sp³-hybridized carbons (Fsp3) is 0.136. The number of aryl methyl sites for hydroxylation is 2. The molecule has 0 aliphatic rings. The zero-order valence-electron chi connectivity index (χ0n) is 16.3. The van der Waals surface area contributed by atoms with E-state index in [1.54, 1.807) is 16.9 Å². The van der Waals surface area contributed by atoms with E-state index in [9.17, 15) is 9.18 Å². The van der Waals surface area contributed by atoms with Gasteiger partial charge in [-0.25, -0.2) is 13.9 Å². The Kier molecular flexibility index (Phi) is 5.74. The minimum Gasteiger partial charge on any atom is -0.323 e. The minimum absolute atomic E-state index is 0.0822. The molecule has 0 bridgehead atoms. The van der Waals surface area contributed by atoms with Crippen LogP contribution in [0.2, 0.25) is 5.02 Å². The molecule has 2 aromatic carbocycles. The Hall–Kier alpha value is -2.90. The number of carbonyl (C=O) groups is 1. The molecule has 30 heavy (non-hydrogen) atoms. The molecule has 0 saturated heterocycles. The molecule has 0 atom stereocenters. The van der Waals surface area contributed by atoms with E-state index in [0.717, 1.165) is 22.8 Å². The topological polar surface area (TPSA) is 59.3 Å². The number of rotatable bonds is 5. The summed E-state index contributed by atoms with van der Waals surface area (Å²) in [5, 5.41) is 8.13. The van der Waals surface area contributed by atoms with E-state index in [4.69, 9.17) is 11.6 Å². The predicted octanol–water partition coefficient (Wildman–Crippen LogP) is 5.54. The molecule has 5 nitrogen and oxygen atoms in total. The van der Waals surface area contributed by atoms with Gasteiger partial charge in [-0.3, -0.25) is 4.79 Å². The lowest BCUT2D eigenvalue weighted by atomic mass is 10.0. The average molecular weight is 441 g/mol. The van der Waals surface area contributed by atoms with E-state index in [1.807, 2.05) is 12.1 Å². The summed E-state index contributed by atoms with van der Waals surface area (Å²) in [4.78, 5) is 16.7. The molecule has 1 amide bonds. The first-order valence-electron chi connectivity index (χ1n) is 9.20. The molecule has 0 fully saturated rings. The van der Waals surface area contributed by atoms with Crippen LogP contribution in [0.5, 0.6) is 0 Å². The lowest BCUT2D eigenvalue weighted by Gasteiger charge is -2.07. The van der Waals surface area contributed by atoms with Crippen LogP contribution >= 0.6 is 23.4 Å². The average Bonchev–Trinajstić information content (AvgIpc) is 3.15. The van der Waals surface area contributed by atoms with Gasteiger partial charge >= 0.3 is 0 Å². The Morgan fingerprint density at radius 2 is 2.00 bits per heavy atom. The lowest BCUT2D eigenvalue weighted by Crippen LogP contribution is -2.15. The van der Waals surface area contributed by atoms with Crippen LogP contribution in [0, 0.1) is 19.7 Å². The molecule has 1 N–H and O–H groups in total. The van der Waals surface area contributed by atoms with Gasteiger partial charge < -0.3 is 5.32 Å². The molecule has 0 spiro atoms. The minimum atomic E-state index is -0.574. The number of nitrogens with zero attached hydrogens (tertiary/aromatic N) is 3. The number of aromatic nitrogens is 3. The number of anilines is 1. The molecule has 4 rings (SSSR count). The highest BCUT2D eigenvalue weighted by molar-refractivity contribution is 8.00. The molecule has 8 heteroatoms. The molecule has 0 aliphatic carbocycles. The van der Waals surface area contributed by atoms with Crippen LogP contribution in [0.15, 0.2) is 59.9 Å². The number of hydrogen-bond donors (Lipinski definition) is 1. The van der Waals surface area contributed by atoms with Crippen molar-refractivity contribution in [3.8, 4) is 11.3 Å². The third kappa shape index (κ3) is 4.32. The van der Waals surface area contributed by atoms with Gasteiger partial charge in [-0.15, -0.1) is 0 Å². The van der Waals surface area contributed by atoms with E-state index in [0.29, 0.717) is 5.03 Å². The van der Waals surface area contributed by atoms with Crippen LogP contribution in [-0.4, -0.2) is 26.3 Å². The van der Waals surface area contributed by atoms with Gasteiger partial charge in [0.2, 0.25) is 5.91 Å². The van der Waals surface area contributed by atoms with Gasteiger partial charge in [0.05, 0.1) is 22.7 Å². The zero-order chi connectivity index (χ0) is 21.3. The summed E-state index contributed by atoms with van der Waals surface area (Å²) < 4.78 is 15.6. The Morgan fingerprint density at radius 3 is 2.77 bits per heavy atom. The number of carbonyl (C=O) groups excluding carboxylic acids is 1. The molecule has 4 aromatic rings. The van der Waals surface area contributed by atoms with Gasteiger partial charge in [0.25, 0.3) is 0 Å². The molecule has 0 radical (unpaired) electrons. The quantitative estimate of drug-likeness (QED) is 0.414. The molecule has 152 valence electrons. The van der Waals surface area contributed by atoms with Crippen molar-refractivity contribution in [2.75, 3.05) is 11.1 Å². The first-order chi connectivity index (χ1) is 14.4. The van der Waals surface area contributed by atoms with Crippen LogP contribution < -0.4 is 5.32 Å². The van der Waals surface area contributed by atoms with Gasteiger partial charge in [-0.05, 0) is 55.3 Å². The second-order valence-corrected chi connectivity index (χ2v) is 8.25. The fourth-order valence-corrected chi connectivity index (χ4v) is 3.90.